The number of hydrogen-bond acceptors (Lipinski definition) is 8. The van der Waals surface area contributed by atoms with Crippen molar-refractivity contribution in [3.8, 4) is 11.1 Å². The fraction of sp³-hybridized carbons (Fsp3) is 0.240. The van der Waals surface area contributed by atoms with E-state index < -0.39 is 0 Å². The number of aryl methyl sites for hydroxylation is 1. The van der Waals surface area contributed by atoms with Crippen LogP contribution in [-0.4, -0.2) is 51.9 Å². The monoisotopic (exact) mass is 454 g/mol. The highest BCUT2D eigenvalue weighted by atomic mass is 16.2. The number of carbonyl (C=O) groups is 1. The first-order valence-corrected chi connectivity index (χ1v) is 11.2. The molecular weight excluding hydrogens is 428 g/mol. The number of anilines is 1. The van der Waals surface area contributed by atoms with Crippen molar-refractivity contribution in [2.45, 2.75) is 26.1 Å². The van der Waals surface area contributed by atoms with Crippen molar-refractivity contribution >= 4 is 18.2 Å². The quantitative estimate of drug-likeness (QED) is 0.525. The molecule has 2 aliphatic rings. The van der Waals surface area contributed by atoms with E-state index >= 15 is 0 Å². The van der Waals surface area contributed by atoms with Crippen LogP contribution in [0.2, 0.25) is 0 Å². The molecule has 0 aliphatic carbocycles. The molecule has 9 heteroatoms. The lowest BCUT2D eigenvalue weighted by molar-refractivity contribution is 0.0697. The van der Waals surface area contributed by atoms with E-state index in [9.17, 15) is 4.79 Å². The molecule has 1 aromatic carbocycles. The molecule has 34 heavy (non-hydrogen) atoms. The lowest BCUT2D eigenvalue weighted by atomic mass is 10.0. The second kappa shape index (κ2) is 9.30. The number of nitrogens with one attached hydrogen (secondary N) is 3. The average Bonchev–Trinajstić information content (AvgIpc) is 2.88. The molecule has 1 amide bonds. The minimum Gasteiger partial charge on any atom is -0.368 e. The van der Waals surface area contributed by atoms with E-state index in [2.05, 4.69) is 66.2 Å². The molecule has 5 rings (SSSR count). The van der Waals surface area contributed by atoms with Crippen LogP contribution in [-0.2, 0) is 13.0 Å². The van der Waals surface area contributed by atoms with Crippen LogP contribution in [0.5, 0.6) is 0 Å². The molecule has 0 fully saturated rings. The summed E-state index contributed by atoms with van der Waals surface area (Å²) in [6.45, 7) is 3.19. The van der Waals surface area contributed by atoms with Gasteiger partial charge in [-0.15, -0.1) is 0 Å². The van der Waals surface area contributed by atoms with Gasteiger partial charge < -0.3 is 20.9 Å². The molecule has 2 aromatic heterocycles. The van der Waals surface area contributed by atoms with E-state index in [1.54, 1.807) is 24.5 Å². The normalized spacial score (nSPS) is 17.0. The highest BCUT2D eigenvalue weighted by molar-refractivity contribution is 5.96. The Kier molecular flexibility index (Phi) is 5.90. The Morgan fingerprint density at radius 2 is 2.00 bits per heavy atom. The summed E-state index contributed by atoms with van der Waals surface area (Å²) in [6.07, 6.45) is 7.26. The van der Waals surface area contributed by atoms with Crippen molar-refractivity contribution in [2.24, 2.45) is 4.99 Å². The van der Waals surface area contributed by atoms with Gasteiger partial charge in [0, 0.05) is 50.7 Å². The van der Waals surface area contributed by atoms with E-state index in [0.29, 0.717) is 31.0 Å². The maximum atomic E-state index is 13.0. The molecule has 2 aliphatic heterocycles. The standard InChI is InChI=1S/C25H26N8O/c1-16-11-19(7-9-27-16)18-5-3-17(4-6-18)13-28-22-12-23(31-15-30-22)33-10-8-21-20(24(33)34)14-29-25(26-2)32-21/h3-7,9,11-12,14-15,23,28H,8,10,13H2,1-2H3,(H,30,31)(H,26,29,32). The van der Waals surface area contributed by atoms with Crippen molar-refractivity contribution in [1.29, 1.82) is 0 Å². The molecule has 3 aromatic rings. The van der Waals surface area contributed by atoms with E-state index in [1.165, 1.54) is 0 Å². The van der Waals surface area contributed by atoms with Crippen LogP contribution >= 0.6 is 0 Å². The predicted octanol–water partition coefficient (Wildman–Crippen LogP) is 2.48. The first kappa shape index (κ1) is 21.6. The van der Waals surface area contributed by atoms with Gasteiger partial charge >= 0.3 is 0 Å². The SMILES string of the molecule is CNc1ncc2c(n1)CCN(C1C=C(NCc3ccc(-c4ccnc(C)c4)cc3)NC=N1)C2=O. The number of carbonyl (C=O) groups excluding carboxylic acids is 1. The maximum Gasteiger partial charge on any atom is 0.259 e. The Bertz CT molecular complexity index is 1270. The number of aliphatic imine (C=N–C) groups is 1. The maximum absolute atomic E-state index is 13.0. The number of hydrogen-bond donors (Lipinski definition) is 3. The minimum absolute atomic E-state index is 0.106. The smallest absolute Gasteiger partial charge is 0.259 e. The first-order chi connectivity index (χ1) is 16.6. The Balaban J connectivity index is 1.24. The third-order valence-electron chi connectivity index (χ3n) is 5.92. The summed E-state index contributed by atoms with van der Waals surface area (Å²) >= 11 is 0. The van der Waals surface area contributed by atoms with Gasteiger partial charge in [0.1, 0.15) is 12.0 Å². The van der Waals surface area contributed by atoms with Crippen molar-refractivity contribution in [1.82, 2.24) is 30.5 Å². The summed E-state index contributed by atoms with van der Waals surface area (Å²) in [6, 6.07) is 12.5. The molecular formula is C25H26N8O. The number of amides is 1. The fourth-order valence-corrected chi connectivity index (χ4v) is 4.08. The van der Waals surface area contributed by atoms with Crippen LogP contribution in [0, 0.1) is 6.92 Å². The molecule has 0 saturated carbocycles. The van der Waals surface area contributed by atoms with Gasteiger partial charge in [0.2, 0.25) is 5.95 Å². The lowest BCUT2D eigenvalue weighted by Gasteiger charge is -2.33. The second-order valence-corrected chi connectivity index (χ2v) is 8.21. The highest BCUT2D eigenvalue weighted by Gasteiger charge is 2.31. The minimum atomic E-state index is -0.384. The van der Waals surface area contributed by atoms with Crippen molar-refractivity contribution in [2.75, 3.05) is 18.9 Å². The lowest BCUT2D eigenvalue weighted by Crippen LogP contribution is -2.46. The third kappa shape index (κ3) is 4.45. The molecule has 0 bridgehead atoms. The number of pyridine rings is 1. The van der Waals surface area contributed by atoms with Crippen LogP contribution in [0.4, 0.5) is 5.95 Å². The molecule has 172 valence electrons. The van der Waals surface area contributed by atoms with Gasteiger partial charge in [-0.1, -0.05) is 24.3 Å². The van der Waals surface area contributed by atoms with E-state index in [-0.39, 0.29) is 12.1 Å². The first-order valence-electron chi connectivity index (χ1n) is 11.2. The van der Waals surface area contributed by atoms with Gasteiger partial charge in [0.25, 0.3) is 5.91 Å². The van der Waals surface area contributed by atoms with Gasteiger partial charge in [0.05, 0.1) is 17.6 Å². The van der Waals surface area contributed by atoms with Gasteiger partial charge in [-0.05, 0) is 35.7 Å². The zero-order chi connectivity index (χ0) is 23.5. The zero-order valence-electron chi connectivity index (χ0n) is 19.1. The van der Waals surface area contributed by atoms with E-state index in [1.807, 2.05) is 25.3 Å². The van der Waals surface area contributed by atoms with Crippen LogP contribution in [0.1, 0.15) is 27.3 Å². The van der Waals surface area contributed by atoms with Crippen LogP contribution in [0.15, 0.2) is 65.7 Å². The van der Waals surface area contributed by atoms with Gasteiger partial charge in [-0.2, -0.15) is 0 Å². The van der Waals surface area contributed by atoms with E-state index in [4.69, 9.17) is 0 Å². The topological polar surface area (TPSA) is 107 Å². The Hall–Kier alpha value is -4.27. The van der Waals surface area contributed by atoms with Gasteiger partial charge in [0.15, 0.2) is 0 Å². The summed E-state index contributed by atoms with van der Waals surface area (Å²) in [5.74, 6) is 1.23. The number of fused-ring (bicyclic) bond motifs is 1. The third-order valence-corrected chi connectivity index (χ3v) is 5.92. The summed E-state index contributed by atoms with van der Waals surface area (Å²) in [7, 11) is 1.76. The summed E-state index contributed by atoms with van der Waals surface area (Å²) in [4.78, 5) is 32.1. The summed E-state index contributed by atoms with van der Waals surface area (Å²) in [5, 5.41) is 9.45. The molecule has 0 saturated heterocycles. The number of rotatable bonds is 6. The van der Waals surface area contributed by atoms with Crippen molar-refractivity contribution in [3.05, 3.63) is 83.2 Å². The van der Waals surface area contributed by atoms with Crippen LogP contribution in [0.25, 0.3) is 11.1 Å². The van der Waals surface area contributed by atoms with Gasteiger partial charge in [-0.25, -0.2) is 15.0 Å². The van der Waals surface area contributed by atoms with E-state index in [0.717, 1.165) is 33.9 Å². The molecule has 1 atom stereocenters. The van der Waals surface area contributed by atoms with Gasteiger partial charge in [-0.3, -0.25) is 9.78 Å². The van der Waals surface area contributed by atoms with Crippen LogP contribution < -0.4 is 16.0 Å². The molecule has 9 nitrogen and oxygen atoms in total. The zero-order valence-corrected chi connectivity index (χ0v) is 19.1. The summed E-state index contributed by atoms with van der Waals surface area (Å²) < 4.78 is 0. The number of aromatic nitrogens is 3. The molecule has 1 unspecified atom stereocenters. The largest absolute Gasteiger partial charge is 0.368 e. The molecule has 0 spiro atoms. The highest BCUT2D eigenvalue weighted by Crippen LogP contribution is 2.22. The second-order valence-electron chi connectivity index (χ2n) is 8.21. The van der Waals surface area contributed by atoms with Crippen LogP contribution in [0.3, 0.4) is 0 Å². The predicted molar refractivity (Wildman–Crippen MR) is 131 cm³/mol. The Labute approximate surface area is 198 Å². The summed E-state index contributed by atoms with van der Waals surface area (Å²) in [5.41, 5.74) is 5.77. The molecule has 0 radical (unpaired) electrons. The van der Waals surface area contributed by atoms with Crippen molar-refractivity contribution < 1.29 is 4.79 Å². The van der Waals surface area contributed by atoms with Crippen molar-refractivity contribution in [3.63, 3.8) is 0 Å². The number of benzene rings is 1. The molecule has 4 heterocycles. The average molecular weight is 455 g/mol. The number of nitrogens with zero attached hydrogens (tertiary/aromatic N) is 5. The Morgan fingerprint density at radius 3 is 2.79 bits per heavy atom. The molecule has 3 N–H and O–H groups in total. The Morgan fingerprint density at radius 1 is 1.15 bits per heavy atom. The fourth-order valence-electron chi connectivity index (χ4n) is 4.08.